The van der Waals surface area contributed by atoms with E-state index in [9.17, 15) is 14.4 Å². The minimum atomic E-state index is -1.40. The van der Waals surface area contributed by atoms with Crippen LogP contribution in [0.1, 0.15) is 19.3 Å². The monoisotopic (exact) mass is 263 g/mol. The predicted octanol–water partition coefficient (Wildman–Crippen LogP) is -1.80. The van der Waals surface area contributed by atoms with Crippen molar-refractivity contribution >= 4 is 17.9 Å². The molecule has 0 fully saturated rings. The van der Waals surface area contributed by atoms with E-state index in [0.717, 1.165) is 0 Å². The van der Waals surface area contributed by atoms with Crippen molar-refractivity contribution in [3.63, 3.8) is 0 Å². The van der Waals surface area contributed by atoms with Gasteiger partial charge in [-0.3, -0.25) is 14.4 Å². The highest BCUT2D eigenvalue weighted by Crippen LogP contribution is 1.97. The van der Waals surface area contributed by atoms with E-state index in [1.807, 2.05) is 0 Å². The van der Waals surface area contributed by atoms with Gasteiger partial charge < -0.3 is 21.1 Å². The van der Waals surface area contributed by atoms with Gasteiger partial charge in [0.05, 0.1) is 6.42 Å². The largest absolute Gasteiger partial charge is 0.481 e. The lowest BCUT2D eigenvalue weighted by molar-refractivity contribution is -0.147. The maximum Gasteiger partial charge on any atom is 0.322 e. The van der Waals surface area contributed by atoms with Crippen molar-refractivity contribution < 1.29 is 29.7 Å². The summed E-state index contributed by atoms with van der Waals surface area (Å²) in [5.41, 5.74) is 9.71. The smallest absolute Gasteiger partial charge is 0.322 e. The Morgan fingerprint density at radius 1 is 1.00 bits per heavy atom. The van der Waals surface area contributed by atoms with Gasteiger partial charge in [-0.25, -0.2) is 10.9 Å². The molecule has 0 saturated heterocycles. The molecule has 9 heteroatoms. The van der Waals surface area contributed by atoms with E-state index in [-0.39, 0.29) is 6.42 Å². The van der Waals surface area contributed by atoms with Crippen LogP contribution in [-0.2, 0) is 14.4 Å². The van der Waals surface area contributed by atoms with Gasteiger partial charge in [0.15, 0.2) is 0 Å². The predicted molar refractivity (Wildman–Crippen MR) is 59.7 cm³/mol. The van der Waals surface area contributed by atoms with Gasteiger partial charge >= 0.3 is 17.9 Å². The minimum absolute atomic E-state index is 0.207. The lowest BCUT2D eigenvalue weighted by Crippen LogP contribution is -2.53. The normalized spacial score (nSPS) is 13.8. The average Bonchev–Trinajstić information content (AvgIpc) is 2.26. The molecule has 18 heavy (non-hydrogen) atoms. The lowest BCUT2D eigenvalue weighted by Gasteiger charge is -2.18. The number of nitrogens with one attached hydrogen (secondary N) is 2. The summed E-state index contributed by atoms with van der Waals surface area (Å²) in [4.78, 5) is 31.9. The molecular weight excluding hydrogens is 246 g/mol. The third kappa shape index (κ3) is 6.78. The summed E-state index contributed by atoms with van der Waals surface area (Å²) < 4.78 is 0. The van der Waals surface area contributed by atoms with Gasteiger partial charge in [0, 0.05) is 0 Å². The second-order valence-corrected chi connectivity index (χ2v) is 3.60. The molecule has 0 aliphatic heterocycles. The SMILES string of the molecule is NCCC[C@H](NN[C@@H](CC(=O)O)C(=O)O)C(=O)O. The van der Waals surface area contributed by atoms with E-state index in [1.165, 1.54) is 0 Å². The van der Waals surface area contributed by atoms with Crippen LogP contribution in [0.4, 0.5) is 0 Å². The Bertz CT molecular complexity index is 309. The van der Waals surface area contributed by atoms with Crippen molar-refractivity contribution in [1.29, 1.82) is 0 Å². The number of carboxylic acid groups (broad SMARTS) is 3. The molecular formula is C9H17N3O6. The molecule has 0 amide bonds. The lowest BCUT2D eigenvalue weighted by atomic mass is 10.1. The van der Waals surface area contributed by atoms with E-state index in [2.05, 4.69) is 10.9 Å². The summed E-state index contributed by atoms with van der Waals surface area (Å²) in [6, 6.07) is -2.42. The fourth-order valence-electron chi connectivity index (χ4n) is 1.16. The van der Waals surface area contributed by atoms with Gasteiger partial charge in [0.2, 0.25) is 0 Å². The Morgan fingerprint density at radius 3 is 1.89 bits per heavy atom. The zero-order chi connectivity index (χ0) is 14.1. The van der Waals surface area contributed by atoms with Gasteiger partial charge in [0.1, 0.15) is 12.1 Å². The van der Waals surface area contributed by atoms with Gasteiger partial charge in [-0.1, -0.05) is 0 Å². The van der Waals surface area contributed by atoms with Gasteiger partial charge in [-0.2, -0.15) is 0 Å². The van der Waals surface area contributed by atoms with Crippen LogP contribution in [0.2, 0.25) is 0 Å². The molecule has 0 aliphatic rings. The number of carbonyl (C=O) groups is 3. The molecule has 0 heterocycles. The summed E-state index contributed by atoms with van der Waals surface area (Å²) in [6.07, 6.45) is -0.00782. The molecule has 0 aromatic carbocycles. The van der Waals surface area contributed by atoms with Crippen LogP contribution in [0.15, 0.2) is 0 Å². The zero-order valence-corrected chi connectivity index (χ0v) is 9.63. The topological polar surface area (TPSA) is 162 Å². The van der Waals surface area contributed by atoms with Gasteiger partial charge in [0.25, 0.3) is 0 Å². The molecule has 104 valence electrons. The summed E-state index contributed by atoms with van der Waals surface area (Å²) in [6.45, 7) is 0.308. The highest BCUT2D eigenvalue weighted by molar-refractivity contribution is 5.80. The molecule has 0 radical (unpaired) electrons. The Balaban J connectivity index is 4.31. The third-order valence-electron chi connectivity index (χ3n) is 2.10. The van der Waals surface area contributed by atoms with Crippen LogP contribution in [-0.4, -0.2) is 51.9 Å². The van der Waals surface area contributed by atoms with E-state index >= 15 is 0 Å². The van der Waals surface area contributed by atoms with Crippen LogP contribution in [0.5, 0.6) is 0 Å². The number of hydrazine groups is 1. The molecule has 9 nitrogen and oxygen atoms in total. The number of rotatable bonds is 10. The maximum atomic E-state index is 10.8. The first kappa shape index (κ1) is 16.3. The molecule has 0 saturated carbocycles. The summed E-state index contributed by atoms with van der Waals surface area (Å²) >= 11 is 0. The second kappa shape index (κ2) is 8.39. The summed E-state index contributed by atoms with van der Waals surface area (Å²) in [7, 11) is 0. The Labute approximate surface area is 103 Å². The fourth-order valence-corrected chi connectivity index (χ4v) is 1.16. The number of aliphatic carboxylic acids is 3. The van der Waals surface area contributed by atoms with Crippen molar-refractivity contribution in [3.05, 3.63) is 0 Å². The average molecular weight is 263 g/mol. The van der Waals surface area contributed by atoms with Gasteiger partial charge in [-0.15, -0.1) is 0 Å². The molecule has 0 spiro atoms. The molecule has 0 unspecified atom stereocenters. The van der Waals surface area contributed by atoms with Crippen molar-refractivity contribution in [2.24, 2.45) is 5.73 Å². The Hall–Kier alpha value is -1.71. The van der Waals surface area contributed by atoms with Crippen molar-refractivity contribution in [3.8, 4) is 0 Å². The minimum Gasteiger partial charge on any atom is -0.481 e. The van der Waals surface area contributed by atoms with Gasteiger partial charge in [-0.05, 0) is 19.4 Å². The Morgan fingerprint density at radius 2 is 1.50 bits per heavy atom. The number of hydrogen-bond donors (Lipinski definition) is 6. The Kier molecular flexibility index (Phi) is 7.59. The molecule has 2 atom stereocenters. The first-order valence-corrected chi connectivity index (χ1v) is 5.27. The number of carboxylic acids is 3. The van der Waals surface area contributed by atoms with E-state index < -0.39 is 36.4 Å². The van der Waals surface area contributed by atoms with Crippen molar-refractivity contribution in [2.75, 3.05) is 6.54 Å². The molecule has 0 aromatic heterocycles. The van der Waals surface area contributed by atoms with Crippen molar-refractivity contribution in [2.45, 2.75) is 31.3 Å². The summed E-state index contributed by atoms with van der Waals surface area (Å²) in [5, 5.41) is 26.0. The second-order valence-electron chi connectivity index (χ2n) is 3.60. The van der Waals surface area contributed by atoms with Crippen molar-refractivity contribution in [1.82, 2.24) is 10.9 Å². The first-order chi connectivity index (χ1) is 8.38. The first-order valence-electron chi connectivity index (χ1n) is 5.27. The zero-order valence-electron chi connectivity index (χ0n) is 9.63. The van der Waals surface area contributed by atoms with Crippen LogP contribution < -0.4 is 16.6 Å². The van der Waals surface area contributed by atoms with E-state index in [4.69, 9.17) is 21.1 Å². The highest BCUT2D eigenvalue weighted by atomic mass is 16.4. The molecule has 0 rings (SSSR count). The standard InChI is InChI=1S/C9H17N3O6/c10-3-1-2-5(8(15)16)11-12-6(9(17)18)4-7(13)14/h5-6,11-12H,1-4,10H2,(H,13,14)(H,15,16)(H,17,18)/t5-,6-/m0/s1. The molecule has 0 aromatic rings. The molecule has 0 bridgehead atoms. The maximum absolute atomic E-state index is 10.8. The summed E-state index contributed by atoms with van der Waals surface area (Å²) in [5.74, 6) is -3.85. The fraction of sp³-hybridized carbons (Fsp3) is 0.667. The van der Waals surface area contributed by atoms with Crippen LogP contribution >= 0.6 is 0 Å². The number of nitrogens with two attached hydrogens (primary N) is 1. The molecule has 0 aliphatic carbocycles. The van der Waals surface area contributed by atoms with E-state index in [1.54, 1.807) is 0 Å². The van der Waals surface area contributed by atoms with Crippen LogP contribution in [0.3, 0.4) is 0 Å². The van der Waals surface area contributed by atoms with E-state index in [0.29, 0.717) is 13.0 Å². The molecule has 7 N–H and O–H groups in total. The third-order valence-corrected chi connectivity index (χ3v) is 2.10. The highest BCUT2D eigenvalue weighted by Gasteiger charge is 2.23. The quantitative estimate of drug-likeness (QED) is 0.250. The number of hydrogen-bond acceptors (Lipinski definition) is 6. The van der Waals surface area contributed by atoms with Crippen LogP contribution in [0, 0.1) is 0 Å². The van der Waals surface area contributed by atoms with Crippen LogP contribution in [0.25, 0.3) is 0 Å².